The van der Waals surface area contributed by atoms with Crippen molar-refractivity contribution in [3.63, 3.8) is 0 Å². The summed E-state index contributed by atoms with van der Waals surface area (Å²) in [5, 5.41) is 0. The fourth-order valence-electron chi connectivity index (χ4n) is 3.07. The van der Waals surface area contributed by atoms with Crippen molar-refractivity contribution < 1.29 is 9.53 Å². The van der Waals surface area contributed by atoms with Gasteiger partial charge in [-0.05, 0) is 32.4 Å². The molecule has 2 N–H and O–H groups in total. The van der Waals surface area contributed by atoms with Crippen LogP contribution < -0.4 is 5.73 Å². The first-order chi connectivity index (χ1) is 9.26. The van der Waals surface area contributed by atoms with Gasteiger partial charge in [-0.25, -0.2) is 0 Å². The summed E-state index contributed by atoms with van der Waals surface area (Å²) in [5.74, 6) is 0.406. The van der Waals surface area contributed by atoms with Crippen molar-refractivity contribution in [3.05, 3.63) is 0 Å². The van der Waals surface area contributed by atoms with Crippen molar-refractivity contribution in [2.75, 3.05) is 45.9 Å². The Morgan fingerprint density at radius 3 is 2.68 bits per heavy atom. The summed E-state index contributed by atoms with van der Waals surface area (Å²) in [5.41, 5.74) is 5.53. The zero-order chi connectivity index (χ0) is 13.7. The minimum atomic E-state index is 0.0978. The number of nitrogens with two attached hydrogens (primary N) is 1. The summed E-state index contributed by atoms with van der Waals surface area (Å²) >= 11 is 0. The van der Waals surface area contributed by atoms with E-state index in [-0.39, 0.29) is 12.0 Å². The third-order valence-electron chi connectivity index (χ3n) is 4.29. The molecular weight excluding hydrogens is 242 g/mol. The number of rotatable bonds is 5. The molecule has 2 aliphatic rings. The quantitative estimate of drug-likeness (QED) is 0.779. The van der Waals surface area contributed by atoms with Crippen LogP contribution in [0.1, 0.15) is 26.2 Å². The number of piperazine rings is 1. The van der Waals surface area contributed by atoms with Gasteiger partial charge in [0.1, 0.15) is 0 Å². The van der Waals surface area contributed by atoms with Crippen molar-refractivity contribution >= 4 is 5.91 Å². The molecule has 2 heterocycles. The molecule has 2 saturated heterocycles. The molecule has 2 unspecified atom stereocenters. The number of hydrogen-bond acceptors (Lipinski definition) is 4. The maximum Gasteiger partial charge on any atom is 0.228 e. The highest BCUT2D eigenvalue weighted by atomic mass is 16.5. The molecule has 0 radical (unpaired) electrons. The van der Waals surface area contributed by atoms with Crippen LogP contribution in [0.25, 0.3) is 0 Å². The fourth-order valence-corrected chi connectivity index (χ4v) is 3.07. The molecule has 0 bridgehead atoms. The first-order valence-electron chi connectivity index (χ1n) is 7.59. The van der Waals surface area contributed by atoms with E-state index < -0.39 is 0 Å². The van der Waals surface area contributed by atoms with E-state index in [2.05, 4.69) is 11.8 Å². The van der Waals surface area contributed by atoms with Crippen LogP contribution in [0.5, 0.6) is 0 Å². The van der Waals surface area contributed by atoms with Crippen LogP contribution >= 0.6 is 0 Å². The van der Waals surface area contributed by atoms with Gasteiger partial charge in [0.25, 0.3) is 0 Å². The summed E-state index contributed by atoms with van der Waals surface area (Å²) in [6.45, 7) is 8.32. The van der Waals surface area contributed by atoms with Crippen LogP contribution in [0.4, 0.5) is 0 Å². The average Bonchev–Trinajstić information content (AvgIpc) is 2.93. The summed E-state index contributed by atoms with van der Waals surface area (Å²) in [6.07, 6.45) is 3.02. The molecule has 1 amide bonds. The van der Waals surface area contributed by atoms with Gasteiger partial charge in [0.05, 0.1) is 12.0 Å². The second kappa shape index (κ2) is 7.22. The van der Waals surface area contributed by atoms with Crippen LogP contribution in [0.2, 0.25) is 0 Å². The van der Waals surface area contributed by atoms with Gasteiger partial charge >= 0.3 is 0 Å². The van der Waals surface area contributed by atoms with E-state index in [1.807, 2.05) is 4.90 Å². The average molecular weight is 269 g/mol. The van der Waals surface area contributed by atoms with Crippen LogP contribution in [0, 0.1) is 5.92 Å². The van der Waals surface area contributed by atoms with Crippen LogP contribution in [0.15, 0.2) is 0 Å². The van der Waals surface area contributed by atoms with Crippen molar-refractivity contribution in [1.82, 2.24) is 9.80 Å². The van der Waals surface area contributed by atoms with E-state index in [1.165, 1.54) is 0 Å². The predicted octanol–water partition coefficient (Wildman–Crippen LogP) is 0.295. The van der Waals surface area contributed by atoms with Gasteiger partial charge in [-0.1, -0.05) is 6.92 Å². The Morgan fingerprint density at radius 2 is 2.05 bits per heavy atom. The fraction of sp³-hybridized carbons (Fsp3) is 0.929. The topological polar surface area (TPSA) is 58.8 Å². The Morgan fingerprint density at radius 1 is 1.32 bits per heavy atom. The first-order valence-corrected chi connectivity index (χ1v) is 7.59. The number of carbonyl (C=O) groups is 1. The highest BCUT2D eigenvalue weighted by Crippen LogP contribution is 2.25. The molecule has 0 spiro atoms. The van der Waals surface area contributed by atoms with Crippen LogP contribution in [0.3, 0.4) is 0 Å². The monoisotopic (exact) mass is 269 g/mol. The zero-order valence-electron chi connectivity index (χ0n) is 12.0. The second-order valence-corrected chi connectivity index (χ2v) is 5.52. The predicted molar refractivity (Wildman–Crippen MR) is 74.8 cm³/mol. The van der Waals surface area contributed by atoms with Gasteiger partial charge in [-0.3, -0.25) is 9.69 Å². The zero-order valence-corrected chi connectivity index (χ0v) is 12.0. The molecule has 0 aromatic carbocycles. The number of nitrogens with zero attached hydrogens (tertiary/aromatic N) is 2. The Bertz CT molecular complexity index is 290. The second-order valence-electron chi connectivity index (χ2n) is 5.52. The third-order valence-corrected chi connectivity index (χ3v) is 4.29. The number of ether oxygens (including phenoxy) is 1. The van der Waals surface area contributed by atoms with Crippen molar-refractivity contribution in [2.45, 2.75) is 32.3 Å². The van der Waals surface area contributed by atoms with E-state index in [0.717, 1.165) is 65.1 Å². The molecule has 2 atom stereocenters. The maximum absolute atomic E-state index is 12.5. The third kappa shape index (κ3) is 3.68. The lowest BCUT2D eigenvalue weighted by Gasteiger charge is -2.36. The Hall–Kier alpha value is -0.650. The minimum absolute atomic E-state index is 0.0978. The molecule has 5 nitrogen and oxygen atoms in total. The summed E-state index contributed by atoms with van der Waals surface area (Å²) < 4.78 is 5.63. The number of amides is 1. The Kier molecular flexibility index (Phi) is 5.60. The largest absolute Gasteiger partial charge is 0.377 e. The van der Waals surface area contributed by atoms with Gasteiger partial charge < -0.3 is 15.4 Å². The molecule has 0 aromatic heterocycles. The van der Waals surface area contributed by atoms with E-state index >= 15 is 0 Å². The van der Waals surface area contributed by atoms with E-state index in [4.69, 9.17) is 10.5 Å². The van der Waals surface area contributed by atoms with E-state index in [9.17, 15) is 4.79 Å². The van der Waals surface area contributed by atoms with E-state index in [0.29, 0.717) is 5.91 Å². The van der Waals surface area contributed by atoms with E-state index in [1.54, 1.807) is 0 Å². The molecular formula is C14H27N3O2. The standard InChI is InChI=1S/C14H27N3O2/c1-2-13-12(4-11-19-13)14(18)17-9-7-16(8-10-17)6-3-5-15/h12-13H,2-11,15H2,1H3. The summed E-state index contributed by atoms with van der Waals surface area (Å²) in [4.78, 5) is 16.9. The van der Waals surface area contributed by atoms with Gasteiger partial charge in [-0.2, -0.15) is 0 Å². The highest BCUT2D eigenvalue weighted by molar-refractivity contribution is 5.79. The molecule has 2 aliphatic heterocycles. The van der Waals surface area contributed by atoms with Gasteiger partial charge in [0.15, 0.2) is 0 Å². The van der Waals surface area contributed by atoms with Gasteiger partial charge in [0.2, 0.25) is 5.91 Å². The maximum atomic E-state index is 12.5. The van der Waals surface area contributed by atoms with Crippen LogP contribution in [-0.4, -0.2) is 67.7 Å². The smallest absolute Gasteiger partial charge is 0.228 e. The normalized spacial score (nSPS) is 28.8. The molecule has 2 rings (SSSR count). The molecule has 0 aliphatic carbocycles. The van der Waals surface area contributed by atoms with Crippen molar-refractivity contribution in [2.24, 2.45) is 11.7 Å². The SMILES string of the molecule is CCC1OCCC1C(=O)N1CCN(CCCN)CC1. The number of hydrogen-bond donors (Lipinski definition) is 1. The number of carbonyl (C=O) groups excluding carboxylic acids is 1. The van der Waals surface area contributed by atoms with Crippen LogP contribution in [-0.2, 0) is 9.53 Å². The lowest BCUT2D eigenvalue weighted by Crippen LogP contribution is -2.51. The molecule has 0 saturated carbocycles. The lowest BCUT2D eigenvalue weighted by atomic mass is 9.97. The molecule has 2 fully saturated rings. The Labute approximate surface area is 116 Å². The minimum Gasteiger partial charge on any atom is -0.377 e. The molecule has 0 aromatic rings. The van der Waals surface area contributed by atoms with Gasteiger partial charge in [-0.15, -0.1) is 0 Å². The molecule has 110 valence electrons. The lowest BCUT2D eigenvalue weighted by molar-refractivity contribution is -0.139. The van der Waals surface area contributed by atoms with Crippen molar-refractivity contribution in [1.29, 1.82) is 0 Å². The highest BCUT2D eigenvalue weighted by Gasteiger charge is 2.36. The molecule has 19 heavy (non-hydrogen) atoms. The van der Waals surface area contributed by atoms with Gasteiger partial charge in [0, 0.05) is 32.8 Å². The van der Waals surface area contributed by atoms with Crippen molar-refractivity contribution in [3.8, 4) is 0 Å². The Balaban J connectivity index is 1.79. The first kappa shape index (κ1) is 14.8. The summed E-state index contributed by atoms with van der Waals surface area (Å²) in [7, 11) is 0. The molecule has 5 heteroatoms. The summed E-state index contributed by atoms with van der Waals surface area (Å²) in [6, 6.07) is 0.